The molecule has 0 saturated carbocycles. The van der Waals surface area contributed by atoms with Crippen LogP contribution in [0.5, 0.6) is 0 Å². The van der Waals surface area contributed by atoms with Gasteiger partial charge in [-0.05, 0) is 44.0 Å². The van der Waals surface area contributed by atoms with Gasteiger partial charge < -0.3 is 9.32 Å². The molecule has 3 aromatic rings. The highest BCUT2D eigenvalue weighted by Crippen LogP contribution is 2.29. The molecule has 1 amide bonds. The molecule has 2 heterocycles. The van der Waals surface area contributed by atoms with Gasteiger partial charge in [-0.15, -0.1) is 0 Å². The van der Waals surface area contributed by atoms with E-state index in [9.17, 15) is 9.59 Å². The maximum Gasteiger partial charge on any atom is 0.254 e. The Morgan fingerprint density at radius 2 is 1.85 bits per heavy atom. The summed E-state index contributed by atoms with van der Waals surface area (Å²) < 4.78 is 5.39. The molecule has 0 N–H and O–H groups in total. The molecule has 1 aliphatic rings. The highest BCUT2D eigenvalue weighted by molar-refractivity contribution is 5.97. The average Bonchev–Trinajstić information content (AvgIpc) is 3.10. The number of hydrogen-bond donors (Lipinski definition) is 0. The van der Waals surface area contributed by atoms with E-state index in [4.69, 9.17) is 4.42 Å². The molecule has 4 rings (SSSR count). The minimum Gasteiger partial charge on any atom is -0.464 e. The van der Waals surface area contributed by atoms with Crippen LogP contribution in [-0.2, 0) is 0 Å². The summed E-state index contributed by atoms with van der Waals surface area (Å²) >= 11 is 0. The molecule has 4 nitrogen and oxygen atoms in total. The van der Waals surface area contributed by atoms with E-state index in [1.54, 1.807) is 18.2 Å². The highest BCUT2D eigenvalue weighted by atomic mass is 16.3. The predicted molar refractivity (Wildman–Crippen MR) is 102 cm³/mol. The SMILES string of the molecule is Cc1cc(C)cc(C2CCN(C(=O)c3ccc4c(=O)ccoc4c3)C2)c1. The third-order valence-corrected chi connectivity index (χ3v) is 5.10. The molecule has 1 unspecified atom stereocenters. The molecule has 0 aliphatic carbocycles. The number of carbonyl (C=O) groups is 1. The maximum atomic E-state index is 12.9. The van der Waals surface area contributed by atoms with Crippen molar-refractivity contribution in [1.29, 1.82) is 0 Å². The minimum atomic E-state index is -0.0960. The van der Waals surface area contributed by atoms with Crippen LogP contribution in [0.15, 0.2) is 57.9 Å². The molecule has 132 valence electrons. The highest BCUT2D eigenvalue weighted by Gasteiger charge is 2.28. The van der Waals surface area contributed by atoms with Crippen LogP contribution in [0.4, 0.5) is 0 Å². The number of amides is 1. The van der Waals surface area contributed by atoms with Crippen LogP contribution >= 0.6 is 0 Å². The number of carbonyl (C=O) groups excluding carboxylic acids is 1. The number of likely N-dealkylation sites (tertiary alicyclic amines) is 1. The number of nitrogens with zero attached hydrogens (tertiary/aromatic N) is 1. The van der Waals surface area contributed by atoms with E-state index in [1.807, 2.05) is 4.90 Å². The summed E-state index contributed by atoms with van der Waals surface area (Å²) in [6, 6.07) is 13.1. The van der Waals surface area contributed by atoms with Gasteiger partial charge in [0, 0.05) is 30.6 Å². The van der Waals surface area contributed by atoms with Crippen LogP contribution in [0.3, 0.4) is 0 Å². The topological polar surface area (TPSA) is 50.5 Å². The van der Waals surface area contributed by atoms with Crippen molar-refractivity contribution in [2.75, 3.05) is 13.1 Å². The van der Waals surface area contributed by atoms with Crippen molar-refractivity contribution < 1.29 is 9.21 Å². The number of hydrogen-bond acceptors (Lipinski definition) is 3. The standard InChI is InChI=1S/C22H21NO3/c1-14-9-15(2)11-18(10-14)17-5-7-23(13-17)22(25)16-3-4-19-20(24)6-8-26-21(19)12-16/h3-4,6,8-12,17H,5,7,13H2,1-2H3. The zero-order valence-corrected chi connectivity index (χ0v) is 15.0. The lowest BCUT2D eigenvalue weighted by molar-refractivity contribution is 0.0791. The molecule has 0 bridgehead atoms. The summed E-state index contributed by atoms with van der Waals surface area (Å²) in [7, 11) is 0. The van der Waals surface area contributed by atoms with Crippen LogP contribution < -0.4 is 5.43 Å². The Kier molecular flexibility index (Phi) is 4.11. The average molecular weight is 347 g/mol. The summed E-state index contributed by atoms with van der Waals surface area (Å²) in [5.41, 5.74) is 4.74. The summed E-state index contributed by atoms with van der Waals surface area (Å²) in [6.07, 6.45) is 2.34. The Hall–Kier alpha value is -2.88. The monoisotopic (exact) mass is 347 g/mol. The quantitative estimate of drug-likeness (QED) is 0.703. The van der Waals surface area contributed by atoms with E-state index in [1.165, 1.54) is 29.0 Å². The van der Waals surface area contributed by atoms with Gasteiger partial charge in [0.25, 0.3) is 5.91 Å². The summed E-state index contributed by atoms with van der Waals surface area (Å²) in [5.74, 6) is 0.362. The lowest BCUT2D eigenvalue weighted by Crippen LogP contribution is -2.28. The van der Waals surface area contributed by atoms with Gasteiger partial charge in [-0.2, -0.15) is 0 Å². The van der Waals surface area contributed by atoms with E-state index in [-0.39, 0.29) is 11.3 Å². The van der Waals surface area contributed by atoms with Gasteiger partial charge in [0.2, 0.25) is 0 Å². The second-order valence-electron chi connectivity index (χ2n) is 7.15. The molecule has 1 aliphatic heterocycles. The third-order valence-electron chi connectivity index (χ3n) is 5.10. The van der Waals surface area contributed by atoms with Crippen molar-refractivity contribution >= 4 is 16.9 Å². The van der Waals surface area contributed by atoms with Crippen LogP contribution in [0, 0.1) is 13.8 Å². The van der Waals surface area contributed by atoms with E-state index < -0.39 is 0 Å². The van der Waals surface area contributed by atoms with Crippen molar-refractivity contribution in [1.82, 2.24) is 4.90 Å². The van der Waals surface area contributed by atoms with Crippen molar-refractivity contribution in [2.45, 2.75) is 26.2 Å². The number of aryl methyl sites for hydroxylation is 2. The van der Waals surface area contributed by atoms with Gasteiger partial charge in [0.05, 0.1) is 11.6 Å². The Morgan fingerprint density at radius 3 is 2.62 bits per heavy atom. The van der Waals surface area contributed by atoms with Crippen molar-refractivity contribution in [3.63, 3.8) is 0 Å². The maximum absolute atomic E-state index is 12.9. The van der Waals surface area contributed by atoms with Crippen molar-refractivity contribution in [3.8, 4) is 0 Å². The Balaban J connectivity index is 1.57. The first-order valence-electron chi connectivity index (χ1n) is 8.90. The van der Waals surface area contributed by atoms with Crippen LogP contribution in [0.1, 0.15) is 39.4 Å². The van der Waals surface area contributed by atoms with Gasteiger partial charge in [-0.25, -0.2) is 0 Å². The fraction of sp³-hybridized carbons (Fsp3) is 0.273. The van der Waals surface area contributed by atoms with Gasteiger partial charge in [-0.3, -0.25) is 9.59 Å². The van der Waals surface area contributed by atoms with Crippen LogP contribution in [0.2, 0.25) is 0 Å². The van der Waals surface area contributed by atoms with Gasteiger partial charge in [-0.1, -0.05) is 29.3 Å². The van der Waals surface area contributed by atoms with E-state index >= 15 is 0 Å². The summed E-state index contributed by atoms with van der Waals surface area (Å²) in [5, 5.41) is 0.499. The zero-order chi connectivity index (χ0) is 18.3. The largest absolute Gasteiger partial charge is 0.464 e. The van der Waals surface area contributed by atoms with Crippen molar-refractivity contribution in [3.05, 3.63) is 81.2 Å². The van der Waals surface area contributed by atoms with Crippen LogP contribution in [0.25, 0.3) is 11.0 Å². The number of fused-ring (bicyclic) bond motifs is 1. The van der Waals surface area contributed by atoms with E-state index in [0.717, 1.165) is 19.5 Å². The summed E-state index contributed by atoms with van der Waals surface area (Å²) in [6.45, 7) is 5.68. The molecule has 1 saturated heterocycles. The lowest BCUT2D eigenvalue weighted by Gasteiger charge is -2.17. The molecule has 26 heavy (non-hydrogen) atoms. The fourth-order valence-electron chi connectivity index (χ4n) is 3.86. The van der Waals surface area contributed by atoms with Crippen LogP contribution in [-0.4, -0.2) is 23.9 Å². The predicted octanol–water partition coefficient (Wildman–Crippen LogP) is 4.04. The molecule has 1 aromatic heterocycles. The smallest absolute Gasteiger partial charge is 0.254 e. The second-order valence-corrected chi connectivity index (χ2v) is 7.15. The molecular weight excluding hydrogens is 326 g/mol. The fourth-order valence-corrected chi connectivity index (χ4v) is 3.86. The molecule has 4 heteroatoms. The molecule has 1 fully saturated rings. The molecule has 0 radical (unpaired) electrons. The zero-order valence-electron chi connectivity index (χ0n) is 15.0. The molecule has 0 spiro atoms. The van der Waals surface area contributed by atoms with Gasteiger partial charge in [0.15, 0.2) is 5.43 Å². The number of benzene rings is 2. The first-order valence-corrected chi connectivity index (χ1v) is 8.90. The van der Waals surface area contributed by atoms with Gasteiger partial charge >= 0.3 is 0 Å². The van der Waals surface area contributed by atoms with Gasteiger partial charge in [0.1, 0.15) is 5.58 Å². The third kappa shape index (κ3) is 3.03. The van der Waals surface area contributed by atoms with E-state index in [2.05, 4.69) is 32.0 Å². The summed E-state index contributed by atoms with van der Waals surface area (Å²) in [4.78, 5) is 26.6. The Bertz CT molecular complexity index is 1030. The first-order chi connectivity index (χ1) is 12.5. The Labute approximate surface area is 152 Å². The number of rotatable bonds is 2. The minimum absolute atomic E-state index is 0.00900. The van der Waals surface area contributed by atoms with E-state index in [0.29, 0.717) is 22.5 Å². The normalized spacial score (nSPS) is 17.0. The first kappa shape index (κ1) is 16.6. The molecular formula is C22H21NO3. The molecule has 1 atom stereocenters. The Morgan fingerprint density at radius 1 is 1.08 bits per heavy atom. The lowest BCUT2D eigenvalue weighted by atomic mass is 9.95. The molecule has 2 aromatic carbocycles. The second kappa shape index (κ2) is 6.45. The van der Waals surface area contributed by atoms with Crippen molar-refractivity contribution in [2.24, 2.45) is 0 Å².